The second kappa shape index (κ2) is 8.12. The smallest absolute Gasteiger partial charge is 0.329 e. The van der Waals surface area contributed by atoms with Crippen molar-refractivity contribution in [2.45, 2.75) is 51.7 Å². The van der Waals surface area contributed by atoms with Crippen molar-refractivity contribution in [3.05, 3.63) is 29.8 Å². The molecule has 7 heteroatoms. The van der Waals surface area contributed by atoms with Crippen LogP contribution in [-0.4, -0.2) is 47.7 Å². The fourth-order valence-corrected chi connectivity index (χ4v) is 3.99. The maximum absolute atomic E-state index is 12.6. The van der Waals surface area contributed by atoms with Crippen LogP contribution in [-0.2, 0) is 19.1 Å². The SMILES string of the molecule is COc1ccc(C(=O)[C@@H](C)OC(=O)[C@H](C)N2C(=O)[C@H]3CCCC[C@@H]3C2=O)cc1. The average Bonchev–Trinajstić information content (AvgIpc) is 2.97. The summed E-state index contributed by atoms with van der Waals surface area (Å²) in [7, 11) is 1.53. The number of rotatable bonds is 6. The number of amides is 2. The quantitative estimate of drug-likeness (QED) is 0.423. The Morgan fingerprint density at radius 3 is 2.04 bits per heavy atom. The monoisotopic (exact) mass is 387 g/mol. The van der Waals surface area contributed by atoms with Crippen molar-refractivity contribution in [1.29, 1.82) is 0 Å². The first kappa shape index (κ1) is 20.0. The molecule has 1 aliphatic carbocycles. The molecule has 1 heterocycles. The number of imide groups is 1. The second-order valence-electron chi connectivity index (χ2n) is 7.39. The number of Topliss-reactive ketones (excluding diaryl/α,β-unsaturated/α-hetero) is 1. The molecule has 1 aliphatic heterocycles. The maximum Gasteiger partial charge on any atom is 0.329 e. The Balaban J connectivity index is 1.65. The number of likely N-dealkylation sites (tertiary alicyclic amines) is 1. The van der Waals surface area contributed by atoms with Crippen LogP contribution in [0.2, 0.25) is 0 Å². The minimum Gasteiger partial charge on any atom is -0.497 e. The zero-order chi connectivity index (χ0) is 20.4. The van der Waals surface area contributed by atoms with E-state index >= 15 is 0 Å². The molecule has 2 aliphatic rings. The first-order valence-corrected chi connectivity index (χ1v) is 9.60. The van der Waals surface area contributed by atoms with Gasteiger partial charge in [0.1, 0.15) is 11.8 Å². The molecule has 4 atom stereocenters. The Labute approximate surface area is 164 Å². The predicted octanol–water partition coefficient (Wildman–Crippen LogP) is 2.37. The third-order valence-corrected chi connectivity index (χ3v) is 5.64. The normalized spacial score (nSPS) is 23.8. The van der Waals surface area contributed by atoms with E-state index in [1.165, 1.54) is 21.0 Å². The van der Waals surface area contributed by atoms with Crippen LogP contribution in [0.4, 0.5) is 0 Å². The van der Waals surface area contributed by atoms with E-state index in [2.05, 4.69) is 0 Å². The highest BCUT2D eigenvalue weighted by atomic mass is 16.5. The number of methoxy groups -OCH3 is 1. The van der Waals surface area contributed by atoms with Gasteiger partial charge < -0.3 is 9.47 Å². The van der Waals surface area contributed by atoms with Crippen molar-refractivity contribution >= 4 is 23.6 Å². The number of fused-ring (bicyclic) bond motifs is 1. The number of ketones is 1. The molecule has 150 valence electrons. The molecule has 2 fully saturated rings. The van der Waals surface area contributed by atoms with Gasteiger partial charge in [-0.05, 0) is 51.0 Å². The molecule has 0 radical (unpaired) electrons. The summed E-state index contributed by atoms with van der Waals surface area (Å²) in [4.78, 5) is 51.3. The van der Waals surface area contributed by atoms with Crippen LogP contribution in [0.25, 0.3) is 0 Å². The van der Waals surface area contributed by atoms with Crippen molar-refractivity contribution in [3.8, 4) is 5.75 Å². The molecule has 0 aromatic heterocycles. The highest BCUT2D eigenvalue weighted by molar-refractivity contribution is 6.08. The van der Waals surface area contributed by atoms with Crippen LogP contribution in [0.15, 0.2) is 24.3 Å². The van der Waals surface area contributed by atoms with Crippen LogP contribution in [0.5, 0.6) is 5.75 Å². The number of nitrogens with zero attached hydrogens (tertiary/aromatic N) is 1. The van der Waals surface area contributed by atoms with Gasteiger partial charge in [-0.25, -0.2) is 4.79 Å². The van der Waals surface area contributed by atoms with Gasteiger partial charge in [-0.3, -0.25) is 19.3 Å². The number of esters is 1. The topological polar surface area (TPSA) is 90.0 Å². The lowest BCUT2D eigenvalue weighted by Crippen LogP contribution is -2.45. The number of benzene rings is 1. The second-order valence-corrected chi connectivity index (χ2v) is 7.39. The highest BCUT2D eigenvalue weighted by Gasteiger charge is 2.51. The number of carbonyl (C=O) groups excluding carboxylic acids is 4. The van der Waals surface area contributed by atoms with Gasteiger partial charge in [0.15, 0.2) is 6.10 Å². The molecule has 2 amide bonds. The first-order valence-electron chi connectivity index (χ1n) is 9.60. The van der Waals surface area contributed by atoms with E-state index in [-0.39, 0.29) is 29.4 Å². The summed E-state index contributed by atoms with van der Waals surface area (Å²) in [6.07, 6.45) is 2.17. The van der Waals surface area contributed by atoms with Crippen LogP contribution in [0, 0.1) is 11.8 Å². The zero-order valence-electron chi connectivity index (χ0n) is 16.3. The number of hydrogen-bond donors (Lipinski definition) is 0. The Morgan fingerprint density at radius 2 is 1.54 bits per heavy atom. The lowest BCUT2D eigenvalue weighted by atomic mass is 9.81. The first-order chi connectivity index (χ1) is 13.3. The van der Waals surface area contributed by atoms with Gasteiger partial charge in [-0.15, -0.1) is 0 Å². The van der Waals surface area contributed by atoms with E-state index < -0.39 is 18.1 Å². The molecule has 0 bridgehead atoms. The standard InChI is InChI=1S/C21H25NO6/c1-12(22-19(24)16-6-4-5-7-17(16)20(22)25)21(26)28-13(2)18(23)14-8-10-15(27-3)11-9-14/h8-13,16-17H,4-7H2,1-3H3/t12-,13+,16-,17-/m0/s1. The van der Waals surface area contributed by atoms with Crippen molar-refractivity contribution in [1.82, 2.24) is 4.90 Å². The summed E-state index contributed by atoms with van der Waals surface area (Å²) in [6.45, 7) is 2.95. The zero-order valence-corrected chi connectivity index (χ0v) is 16.3. The average molecular weight is 387 g/mol. The highest BCUT2D eigenvalue weighted by Crippen LogP contribution is 2.39. The third kappa shape index (κ3) is 3.66. The molecule has 0 unspecified atom stereocenters. The van der Waals surface area contributed by atoms with Crippen LogP contribution >= 0.6 is 0 Å². The summed E-state index contributed by atoms with van der Waals surface area (Å²) in [6, 6.07) is 5.43. The fourth-order valence-electron chi connectivity index (χ4n) is 3.99. The summed E-state index contributed by atoms with van der Waals surface area (Å²) in [5.74, 6) is -1.75. The number of hydrogen-bond acceptors (Lipinski definition) is 6. The van der Waals surface area contributed by atoms with Gasteiger partial charge in [0.05, 0.1) is 18.9 Å². The third-order valence-electron chi connectivity index (χ3n) is 5.64. The molecule has 1 saturated heterocycles. The van der Waals surface area contributed by atoms with E-state index in [1.54, 1.807) is 24.3 Å². The lowest BCUT2D eigenvalue weighted by Gasteiger charge is -2.23. The molecule has 1 saturated carbocycles. The molecule has 28 heavy (non-hydrogen) atoms. The van der Waals surface area contributed by atoms with Crippen LogP contribution in [0.3, 0.4) is 0 Å². The van der Waals surface area contributed by atoms with Gasteiger partial charge in [0.25, 0.3) is 0 Å². The van der Waals surface area contributed by atoms with E-state index in [0.717, 1.165) is 17.7 Å². The van der Waals surface area contributed by atoms with Crippen LogP contribution in [0.1, 0.15) is 49.9 Å². The van der Waals surface area contributed by atoms with Gasteiger partial charge in [-0.2, -0.15) is 0 Å². The molecule has 3 rings (SSSR count). The minimum absolute atomic E-state index is 0.298. The van der Waals surface area contributed by atoms with Crippen molar-refractivity contribution < 1.29 is 28.7 Å². The lowest BCUT2D eigenvalue weighted by molar-refractivity contribution is -0.159. The number of carbonyl (C=O) groups is 4. The fraction of sp³-hybridized carbons (Fsp3) is 0.524. The summed E-state index contributed by atoms with van der Waals surface area (Å²) in [5.41, 5.74) is 0.382. The van der Waals surface area contributed by atoms with Crippen molar-refractivity contribution in [2.75, 3.05) is 7.11 Å². The van der Waals surface area contributed by atoms with Gasteiger partial charge >= 0.3 is 5.97 Å². The Kier molecular flexibility index (Phi) is 5.82. The van der Waals surface area contributed by atoms with E-state index in [0.29, 0.717) is 24.2 Å². The maximum atomic E-state index is 12.6. The van der Waals surface area contributed by atoms with Gasteiger partial charge in [0, 0.05) is 5.56 Å². The van der Waals surface area contributed by atoms with Crippen molar-refractivity contribution in [3.63, 3.8) is 0 Å². The molecule has 0 N–H and O–H groups in total. The molecular weight excluding hydrogens is 362 g/mol. The van der Waals surface area contributed by atoms with Gasteiger partial charge in [0.2, 0.25) is 17.6 Å². The van der Waals surface area contributed by atoms with Gasteiger partial charge in [-0.1, -0.05) is 12.8 Å². The summed E-state index contributed by atoms with van der Waals surface area (Å²) >= 11 is 0. The molecular formula is C21H25NO6. The Bertz CT molecular complexity index is 763. The minimum atomic E-state index is -1.04. The van der Waals surface area contributed by atoms with E-state index in [9.17, 15) is 19.2 Å². The molecule has 1 aromatic carbocycles. The molecule has 7 nitrogen and oxygen atoms in total. The predicted molar refractivity (Wildman–Crippen MR) is 99.6 cm³/mol. The van der Waals surface area contributed by atoms with E-state index in [1.807, 2.05) is 0 Å². The number of ether oxygens (including phenoxy) is 2. The van der Waals surface area contributed by atoms with E-state index in [4.69, 9.17) is 9.47 Å². The largest absolute Gasteiger partial charge is 0.497 e. The van der Waals surface area contributed by atoms with Crippen molar-refractivity contribution in [2.24, 2.45) is 11.8 Å². The molecule has 0 spiro atoms. The Morgan fingerprint density at radius 1 is 1.00 bits per heavy atom. The van der Waals surface area contributed by atoms with Crippen LogP contribution < -0.4 is 4.74 Å². The molecule has 1 aromatic rings. The Hall–Kier alpha value is -2.70. The summed E-state index contributed by atoms with van der Waals surface area (Å²) < 4.78 is 10.3. The summed E-state index contributed by atoms with van der Waals surface area (Å²) in [5, 5.41) is 0.